The number of hydrogen-bond donors (Lipinski definition) is 1. The predicted molar refractivity (Wildman–Crippen MR) is 51.0 cm³/mol. The van der Waals surface area contributed by atoms with Crippen molar-refractivity contribution in [2.45, 2.75) is 38.1 Å². The minimum Gasteiger partial charge on any atom is -0.330 e. The molecule has 70 valence electrons. The number of piperidine rings is 1. The van der Waals surface area contributed by atoms with Crippen LogP contribution in [0.4, 0.5) is 0 Å². The first kappa shape index (κ1) is 8.52. The van der Waals surface area contributed by atoms with Crippen LogP contribution in [0.1, 0.15) is 32.1 Å². The third kappa shape index (κ3) is 1.99. The van der Waals surface area contributed by atoms with Gasteiger partial charge in [0.25, 0.3) is 0 Å². The second kappa shape index (κ2) is 3.75. The first-order chi connectivity index (χ1) is 5.90. The molecule has 2 nitrogen and oxygen atoms in total. The summed E-state index contributed by atoms with van der Waals surface area (Å²) in [6.07, 6.45) is 6.97. The third-order valence-corrected chi connectivity index (χ3v) is 3.19. The molecule has 2 N–H and O–H groups in total. The van der Waals surface area contributed by atoms with E-state index in [2.05, 4.69) is 4.90 Å². The highest BCUT2D eigenvalue weighted by Crippen LogP contribution is 2.31. The normalized spacial score (nSPS) is 32.2. The molecule has 0 spiro atoms. The fourth-order valence-corrected chi connectivity index (χ4v) is 2.34. The molecule has 1 aliphatic heterocycles. The van der Waals surface area contributed by atoms with E-state index in [9.17, 15) is 0 Å². The average molecular weight is 168 g/mol. The number of nitrogens with zero attached hydrogens (tertiary/aromatic N) is 1. The van der Waals surface area contributed by atoms with Gasteiger partial charge in [0.1, 0.15) is 0 Å². The van der Waals surface area contributed by atoms with Gasteiger partial charge in [-0.25, -0.2) is 0 Å². The number of hydrogen-bond acceptors (Lipinski definition) is 2. The summed E-state index contributed by atoms with van der Waals surface area (Å²) < 4.78 is 0. The summed E-state index contributed by atoms with van der Waals surface area (Å²) in [5, 5.41) is 0. The highest BCUT2D eigenvalue weighted by Gasteiger charge is 2.31. The Morgan fingerprint density at radius 2 is 2.08 bits per heavy atom. The van der Waals surface area contributed by atoms with Gasteiger partial charge in [0.05, 0.1) is 0 Å². The topological polar surface area (TPSA) is 29.3 Å². The molecule has 2 rings (SSSR count). The van der Waals surface area contributed by atoms with E-state index in [1.165, 1.54) is 45.2 Å². The van der Waals surface area contributed by atoms with E-state index in [0.717, 1.165) is 18.5 Å². The lowest BCUT2D eigenvalue weighted by atomic mass is 9.95. The smallest absolute Gasteiger partial charge is 0.00965 e. The van der Waals surface area contributed by atoms with Gasteiger partial charge in [-0.2, -0.15) is 0 Å². The predicted octanol–water partition coefficient (Wildman–Crippen LogP) is 1.21. The average Bonchev–Trinajstić information content (AvgIpc) is 2.88. The molecular weight excluding hydrogens is 148 g/mol. The standard InChI is InChI=1S/C10H20N2/c11-6-5-9-2-1-7-12(8-9)10-3-4-10/h9-10H,1-8,11H2. The molecule has 0 amide bonds. The van der Waals surface area contributed by atoms with Crippen LogP contribution in [-0.4, -0.2) is 30.6 Å². The van der Waals surface area contributed by atoms with Gasteiger partial charge < -0.3 is 10.6 Å². The van der Waals surface area contributed by atoms with Crippen LogP contribution in [0, 0.1) is 5.92 Å². The summed E-state index contributed by atoms with van der Waals surface area (Å²) in [5.74, 6) is 0.907. The Bertz CT molecular complexity index is 141. The zero-order valence-corrected chi connectivity index (χ0v) is 7.84. The first-order valence-corrected chi connectivity index (χ1v) is 5.34. The van der Waals surface area contributed by atoms with Crippen molar-refractivity contribution in [2.24, 2.45) is 11.7 Å². The van der Waals surface area contributed by atoms with Gasteiger partial charge in [0.15, 0.2) is 0 Å². The van der Waals surface area contributed by atoms with Crippen molar-refractivity contribution < 1.29 is 0 Å². The number of likely N-dealkylation sites (tertiary alicyclic amines) is 1. The maximum Gasteiger partial charge on any atom is 0.00965 e. The molecule has 1 aliphatic carbocycles. The maximum absolute atomic E-state index is 5.58. The minimum absolute atomic E-state index is 0.878. The number of rotatable bonds is 3. The molecule has 12 heavy (non-hydrogen) atoms. The fourth-order valence-electron chi connectivity index (χ4n) is 2.34. The van der Waals surface area contributed by atoms with E-state index in [0.29, 0.717) is 0 Å². The van der Waals surface area contributed by atoms with Crippen molar-refractivity contribution >= 4 is 0 Å². The Morgan fingerprint density at radius 1 is 1.25 bits per heavy atom. The van der Waals surface area contributed by atoms with Crippen LogP contribution >= 0.6 is 0 Å². The van der Waals surface area contributed by atoms with Crippen molar-refractivity contribution in [1.82, 2.24) is 4.90 Å². The molecule has 2 aliphatic rings. The van der Waals surface area contributed by atoms with E-state index >= 15 is 0 Å². The quantitative estimate of drug-likeness (QED) is 0.686. The lowest BCUT2D eigenvalue weighted by Crippen LogP contribution is -2.37. The van der Waals surface area contributed by atoms with Gasteiger partial charge in [-0.15, -0.1) is 0 Å². The summed E-state index contributed by atoms with van der Waals surface area (Å²) >= 11 is 0. The van der Waals surface area contributed by atoms with Crippen LogP contribution in [0.5, 0.6) is 0 Å². The van der Waals surface area contributed by atoms with Crippen LogP contribution < -0.4 is 5.73 Å². The second-order valence-corrected chi connectivity index (χ2v) is 4.31. The van der Waals surface area contributed by atoms with Crippen molar-refractivity contribution in [1.29, 1.82) is 0 Å². The Hall–Kier alpha value is -0.0800. The van der Waals surface area contributed by atoms with Crippen molar-refractivity contribution in [3.63, 3.8) is 0 Å². The Labute approximate surface area is 75.1 Å². The Kier molecular flexibility index (Phi) is 2.66. The molecule has 1 saturated carbocycles. The zero-order chi connectivity index (χ0) is 8.39. The molecule has 0 radical (unpaired) electrons. The first-order valence-electron chi connectivity index (χ1n) is 5.34. The Balaban J connectivity index is 1.77. The molecule has 1 atom stereocenters. The molecule has 1 saturated heterocycles. The van der Waals surface area contributed by atoms with Gasteiger partial charge in [0, 0.05) is 12.6 Å². The van der Waals surface area contributed by atoms with Crippen LogP contribution in [0.3, 0.4) is 0 Å². The molecule has 0 aromatic heterocycles. The fraction of sp³-hybridized carbons (Fsp3) is 1.00. The van der Waals surface area contributed by atoms with Gasteiger partial charge in [-0.1, -0.05) is 0 Å². The summed E-state index contributed by atoms with van der Waals surface area (Å²) in [4.78, 5) is 2.68. The van der Waals surface area contributed by atoms with Crippen molar-refractivity contribution in [3.8, 4) is 0 Å². The number of nitrogens with two attached hydrogens (primary N) is 1. The molecule has 2 heteroatoms. The van der Waals surface area contributed by atoms with Gasteiger partial charge in [-0.3, -0.25) is 0 Å². The summed E-state index contributed by atoms with van der Waals surface area (Å²) in [6, 6.07) is 0.963. The van der Waals surface area contributed by atoms with E-state index in [1.54, 1.807) is 0 Å². The third-order valence-electron chi connectivity index (χ3n) is 3.19. The molecular formula is C10H20N2. The second-order valence-electron chi connectivity index (χ2n) is 4.31. The summed E-state index contributed by atoms with van der Waals surface area (Å²) in [5.41, 5.74) is 5.58. The highest BCUT2D eigenvalue weighted by molar-refractivity contribution is 4.87. The summed E-state index contributed by atoms with van der Waals surface area (Å²) in [6.45, 7) is 3.57. The van der Waals surface area contributed by atoms with Crippen LogP contribution in [0.15, 0.2) is 0 Å². The molecule has 0 aromatic carbocycles. The monoisotopic (exact) mass is 168 g/mol. The molecule has 1 unspecified atom stereocenters. The summed E-state index contributed by atoms with van der Waals surface area (Å²) in [7, 11) is 0. The zero-order valence-electron chi connectivity index (χ0n) is 7.84. The van der Waals surface area contributed by atoms with Crippen LogP contribution in [-0.2, 0) is 0 Å². The van der Waals surface area contributed by atoms with E-state index < -0.39 is 0 Å². The van der Waals surface area contributed by atoms with Gasteiger partial charge in [0.2, 0.25) is 0 Å². The molecule has 1 heterocycles. The van der Waals surface area contributed by atoms with Gasteiger partial charge >= 0.3 is 0 Å². The molecule has 0 bridgehead atoms. The highest BCUT2D eigenvalue weighted by atomic mass is 15.2. The van der Waals surface area contributed by atoms with Gasteiger partial charge in [-0.05, 0) is 51.1 Å². The maximum atomic E-state index is 5.58. The molecule has 2 fully saturated rings. The van der Waals surface area contributed by atoms with E-state index in [1.807, 2.05) is 0 Å². The van der Waals surface area contributed by atoms with Crippen molar-refractivity contribution in [2.75, 3.05) is 19.6 Å². The minimum atomic E-state index is 0.878. The SMILES string of the molecule is NCCC1CCCN(C2CC2)C1. The van der Waals surface area contributed by atoms with Crippen LogP contribution in [0.25, 0.3) is 0 Å². The van der Waals surface area contributed by atoms with Crippen molar-refractivity contribution in [3.05, 3.63) is 0 Å². The lowest BCUT2D eigenvalue weighted by molar-refractivity contribution is 0.162. The lowest BCUT2D eigenvalue weighted by Gasteiger charge is -2.32. The van der Waals surface area contributed by atoms with E-state index in [-0.39, 0.29) is 0 Å². The Morgan fingerprint density at radius 3 is 2.75 bits per heavy atom. The van der Waals surface area contributed by atoms with E-state index in [4.69, 9.17) is 5.73 Å². The largest absolute Gasteiger partial charge is 0.330 e. The molecule has 0 aromatic rings. The van der Waals surface area contributed by atoms with Crippen LogP contribution in [0.2, 0.25) is 0 Å².